The minimum Gasteiger partial charge on any atom is -0.385 e. The van der Waals surface area contributed by atoms with E-state index in [1.165, 1.54) is 0 Å². The van der Waals surface area contributed by atoms with Crippen LogP contribution < -0.4 is 16.4 Å². The Morgan fingerprint density at radius 1 is 1.53 bits per heavy atom. The second-order valence-corrected chi connectivity index (χ2v) is 7.15. The second kappa shape index (κ2) is 7.50. The third-order valence-electron chi connectivity index (χ3n) is 3.03. The maximum atomic E-state index is 12.0. The zero-order valence-electron chi connectivity index (χ0n) is 11.8. The fraction of sp³-hybridized carbons (Fsp3) is 0.571. The van der Waals surface area contributed by atoms with Crippen molar-refractivity contribution in [2.75, 3.05) is 18.1 Å². The first-order valence-electron chi connectivity index (χ1n) is 6.54. The van der Waals surface area contributed by atoms with Gasteiger partial charge in [-0.05, 0) is 12.0 Å². The molecular weight excluding hydrogens is 258 g/mol. The molecular formula is C14H25N3OS. The van der Waals surface area contributed by atoms with Crippen LogP contribution in [0.3, 0.4) is 0 Å². The van der Waals surface area contributed by atoms with Gasteiger partial charge in [-0.2, -0.15) is 10.5 Å². The molecule has 0 radical (unpaired) electrons. The lowest BCUT2D eigenvalue weighted by atomic mass is 10.0. The molecule has 0 saturated heterocycles. The molecule has 19 heavy (non-hydrogen) atoms. The van der Waals surface area contributed by atoms with Crippen LogP contribution in [-0.2, 0) is 4.79 Å². The Morgan fingerprint density at radius 3 is 2.84 bits per heavy atom. The maximum Gasteiger partial charge on any atom is 0.238 e. The van der Waals surface area contributed by atoms with E-state index in [9.17, 15) is 4.79 Å². The first-order valence-corrected chi connectivity index (χ1v) is 8.27. The Bertz CT molecular complexity index is 390. The summed E-state index contributed by atoms with van der Waals surface area (Å²) in [5, 5.41) is 6.23. The summed E-state index contributed by atoms with van der Waals surface area (Å²) in [5.74, 6) is 5.82. The number of hydrogen-bond acceptors (Lipinski definition) is 3. The van der Waals surface area contributed by atoms with Gasteiger partial charge in [-0.15, -0.1) is 0 Å². The van der Waals surface area contributed by atoms with Crippen molar-refractivity contribution in [3.8, 4) is 0 Å². The highest BCUT2D eigenvalue weighted by atomic mass is 32.2. The first-order chi connectivity index (χ1) is 8.90. The van der Waals surface area contributed by atoms with E-state index >= 15 is 0 Å². The standard InChI is InChI=1S/C14H25N3OS/c1-10(2)13-6-5-11(3)16-7-8-19(4)9-12(15)14(18)17-13/h5-6,10,12-13,16H,3-4,7-9,15H2,1-2H3,(H,17,18)/b6-5+/t12-,13?,19?/m0/s1. The van der Waals surface area contributed by atoms with Gasteiger partial charge >= 0.3 is 0 Å². The lowest BCUT2D eigenvalue weighted by Crippen LogP contribution is -2.48. The number of carbonyl (C=O) groups excluding carboxylic acids is 1. The minimum atomic E-state index is -0.474. The fourth-order valence-corrected chi connectivity index (χ4v) is 2.97. The average Bonchev–Trinajstić information content (AvgIpc) is 2.32. The molecule has 1 aliphatic heterocycles. The lowest BCUT2D eigenvalue weighted by molar-refractivity contribution is -0.122. The molecule has 0 bridgehead atoms. The highest BCUT2D eigenvalue weighted by molar-refractivity contribution is 8.14. The number of hydrogen-bond donors (Lipinski definition) is 3. The molecule has 0 saturated carbocycles. The van der Waals surface area contributed by atoms with Gasteiger partial charge in [-0.25, -0.2) is 0 Å². The topological polar surface area (TPSA) is 67.2 Å². The lowest BCUT2D eigenvalue weighted by Gasteiger charge is -2.23. The fourth-order valence-electron chi connectivity index (χ4n) is 1.76. The predicted octanol–water partition coefficient (Wildman–Crippen LogP) is 0.829. The van der Waals surface area contributed by atoms with E-state index in [4.69, 9.17) is 5.73 Å². The van der Waals surface area contributed by atoms with Crippen LogP contribution in [0, 0.1) is 5.92 Å². The van der Waals surface area contributed by atoms with Crippen molar-refractivity contribution < 1.29 is 4.79 Å². The van der Waals surface area contributed by atoms with Gasteiger partial charge in [0.1, 0.15) is 0 Å². The summed E-state index contributed by atoms with van der Waals surface area (Å²) in [4.78, 5) is 12.0. The Balaban J connectivity index is 2.85. The summed E-state index contributed by atoms with van der Waals surface area (Å²) >= 11 is 0. The number of allylic oxidation sites excluding steroid dienone is 1. The molecule has 4 nitrogen and oxygen atoms in total. The Labute approximate surface area is 118 Å². The van der Waals surface area contributed by atoms with E-state index < -0.39 is 6.04 Å². The molecule has 0 fully saturated rings. The third-order valence-corrected chi connectivity index (χ3v) is 4.64. The van der Waals surface area contributed by atoms with Crippen LogP contribution >= 0.6 is 10.5 Å². The van der Waals surface area contributed by atoms with Gasteiger partial charge in [-0.3, -0.25) is 4.79 Å². The average molecular weight is 283 g/mol. The van der Waals surface area contributed by atoms with Crippen molar-refractivity contribution in [2.45, 2.75) is 25.9 Å². The van der Waals surface area contributed by atoms with Crippen molar-refractivity contribution in [2.24, 2.45) is 11.7 Å². The number of carbonyl (C=O) groups is 1. The molecule has 108 valence electrons. The normalized spacial score (nSPS) is 31.9. The zero-order chi connectivity index (χ0) is 14.4. The quantitative estimate of drug-likeness (QED) is 0.624. The van der Waals surface area contributed by atoms with Gasteiger partial charge in [0, 0.05) is 29.8 Å². The molecule has 0 spiro atoms. The number of rotatable bonds is 1. The minimum absolute atomic E-state index is 0.0249. The molecule has 2 unspecified atom stereocenters. The van der Waals surface area contributed by atoms with Crippen molar-refractivity contribution in [1.29, 1.82) is 0 Å². The van der Waals surface area contributed by atoms with Crippen LogP contribution in [0.2, 0.25) is 0 Å². The van der Waals surface area contributed by atoms with Crippen LogP contribution in [0.5, 0.6) is 0 Å². The molecule has 1 aliphatic rings. The summed E-state index contributed by atoms with van der Waals surface area (Å²) in [5.41, 5.74) is 6.79. The largest absolute Gasteiger partial charge is 0.385 e. The van der Waals surface area contributed by atoms with Crippen molar-refractivity contribution >= 4 is 22.3 Å². The van der Waals surface area contributed by atoms with Crippen LogP contribution in [-0.4, -0.2) is 41.9 Å². The van der Waals surface area contributed by atoms with E-state index in [-0.39, 0.29) is 22.4 Å². The van der Waals surface area contributed by atoms with Crippen LogP contribution in [0.15, 0.2) is 24.4 Å². The summed E-state index contributed by atoms with van der Waals surface area (Å²) in [6.45, 7) is 8.89. The van der Waals surface area contributed by atoms with Gasteiger partial charge in [-0.1, -0.05) is 32.4 Å². The summed E-state index contributed by atoms with van der Waals surface area (Å²) in [6.07, 6.45) is 3.88. The molecule has 0 aromatic carbocycles. The molecule has 0 aromatic rings. The van der Waals surface area contributed by atoms with Crippen LogP contribution in [0.1, 0.15) is 13.8 Å². The summed E-state index contributed by atoms with van der Waals surface area (Å²) < 4.78 is 0. The molecule has 3 atom stereocenters. The Morgan fingerprint density at radius 2 is 2.21 bits per heavy atom. The second-order valence-electron chi connectivity index (χ2n) is 5.18. The van der Waals surface area contributed by atoms with Crippen molar-refractivity contribution in [3.63, 3.8) is 0 Å². The van der Waals surface area contributed by atoms with Gasteiger partial charge in [0.25, 0.3) is 0 Å². The molecule has 4 N–H and O–H groups in total. The summed E-state index contributed by atoms with van der Waals surface area (Å²) in [6, 6.07) is -0.499. The number of amides is 1. The maximum absolute atomic E-state index is 12.0. The zero-order valence-corrected chi connectivity index (χ0v) is 12.6. The Hall–Kier alpha value is -1.07. The predicted molar refractivity (Wildman–Crippen MR) is 85.5 cm³/mol. The SMILES string of the molecule is C=C1/C=C/C(C(C)C)NC(=O)[C@@H](N)CS(=C)CCN1. The van der Waals surface area contributed by atoms with Crippen LogP contribution in [0.25, 0.3) is 0 Å². The van der Waals surface area contributed by atoms with Gasteiger partial charge in [0.15, 0.2) is 0 Å². The van der Waals surface area contributed by atoms with E-state index in [1.807, 2.05) is 12.2 Å². The highest BCUT2D eigenvalue weighted by Crippen LogP contribution is 2.12. The Kier molecular flexibility index (Phi) is 6.31. The number of nitrogens with one attached hydrogen (secondary N) is 2. The summed E-state index contributed by atoms with van der Waals surface area (Å²) in [7, 11) is -0.102. The smallest absolute Gasteiger partial charge is 0.238 e. The van der Waals surface area contributed by atoms with Crippen LogP contribution in [0.4, 0.5) is 0 Å². The molecule has 0 aromatic heterocycles. The molecule has 1 amide bonds. The van der Waals surface area contributed by atoms with E-state index in [2.05, 4.69) is 36.9 Å². The van der Waals surface area contributed by atoms with Gasteiger partial charge in [0.2, 0.25) is 5.91 Å². The van der Waals surface area contributed by atoms with E-state index in [1.54, 1.807) is 0 Å². The van der Waals surface area contributed by atoms with E-state index in [0.29, 0.717) is 11.7 Å². The molecule has 5 heteroatoms. The van der Waals surface area contributed by atoms with Gasteiger partial charge in [0.05, 0.1) is 6.04 Å². The molecule has 1 heterocycles. The van der Waals surface area contributed by atoms with Gasteiger partial charge < -0.3 is 16.4 Å². The van der Waals surface area contributed by atoms with Crippen molar-refractivity contribution in [1.82, 2.24) is 10.6 Å². The molecule has 0 aliphatic carbocycles. The third kappa shape index (κ3) is 5.61. The molecule has 1 rings (SSSR count). The highest BCUT2D eigenvalue weighted by Gasteiger charge is 2.19. The van der Waals surface area contributed by atoms with E-state index in [0.717, 1.165) is 18.0 Å². The van der Waals surface area contributed by atoms with Crippen molar-refractivity contribution in [3.05, 3.63) is 24.4 Å². The monoisotopic (exact) mass is 283 g/mol. The number of nitrogens with two attached hydrogens (primary N) is 1. The first kappa shape index (κ1) is 16.0.